The topological polar surface area (TPSA) is 97.0 Å². The summed E-state index contributed by atoms with van der Waals surface area (Å²) in [4.78, 5) is 14.1. The molecule has 0 bridgehead atoms. The third-order valence-electron chi connectivity index (χ3n) is 6.50. The van der Waals surface area contributed by atoms with Crippen molar-refractivity contribution in [2.45, 2.75) is 37.6 Å². The van der Waals surface area contributed by atoms with Gasteiger partial charge >= 0.3 is 0 Å². The fourth-order valence-corrected chi connectivity index (χ4v) is 4.35. The molecule has 6 heteroatoms. The maximum absolute atomic E-state index is 8.97. The summed E-state index contributed by atoms with van der Waals surface area (Å²) in [6, 6.07) is 20.9. The molecule has 4 aromatic rings. The van der Waals surface area contributed by atoms with Crippen LogP contribution < -0.4 is 11.1 Å². The Morgan fingerprint density at radius 2 is 1.73 bits per heavy atom. The lowest BCUT2D eigenvalue weighted by atomic mass is 9.72. The molecule has 168 valence electrons. The number of nitrogens with one attached hydrogen (secondary N) is 1. The van der Waals surface area contributed by atoms with Crippen LogP contribution in [0, 0.1) is 0 Å². The number of unbranched alkanes of at least 4 members (excludes halogenated alkanes) is 1. The van der Waals surface area contributed by atoms with Crippen LogP contribution in [-0.2, 0) is 5.54 Å². The zero-order valence-corrected chi connectivity index (χ0v) is 18.7. The fraction of sp³-hybridized carbons (Fsp3) is 0.296. The van der Waals surface area contributed by atoms with Gasteiger partial charge in [0.1, 0.15) is 0 Å². The monoisotopic (exact) mass is 439 g/mol. The fourth-order valence-electron chi connectivity index (χ4n) is 4.35. The summed E-state index contributed by atoms with van der Waals surface area (Å²) in [5, 5.41) is 13.1. The number of nitrogens with two attached hydrogens (primary N) is 1. The Morgan fingerprint density at radius 1 is 0.939 bits per heavy atom. The van der Waals surface area contributed by atoms with Gasteiger partial charge in [0.25, 0.3) is 0 Å². The van der Waals surface area contributed by atoms with E-state index in [0.717, 1.165) is 53.5 Å². The molecule has 5 rings (SSSR count). The van der Waals surface area contributed by atoms with E-state index in [0.29, 0.717) is 18.1 Å². The minimum absolute atomic E-state index is 0.179. The highest BCUT2D eigenvalue weighted by atomic mass is 16.2. The molecule has 0 spiro atoms. The molecule has 33 heavy (non-hydrogen) atoms. The van der Waals surface area contributed by atoms with E-state index < -0.39 is 0 Å². The van der Waals surface area contributed by atoms with Crippen LogP contribution in [0.5, 0.6) is 0 Å². The molecular weight excluding hydrogens is 410 g/mol. The number of aliphatic hydroxyl groups is 1. The summed E-state index contributed by atoms with van der Waals surface area (Å²) >= 11 is 0. The van der Waals surface area contributed by atoms with E-state index >= 15 is 0 Å². The first-order valence-electron chi connectivity index (χ1n) is 11.6. The van der Waals surface area contributed by atoms with E-state index in [1.54, 1.807) is 0 Å². The van der Waals surface area contributed by atoms with Crippen molar-refractivity contribution in [2.75, 3.05) is 18.5 Å². The molecule has 1 aliphatic rings. The number of aliphatic hydroxyl groups excluding tert-OH is 1. The number of fused-ring (bicyclic) bond motifs is 1. The molecule has 0 radical (unpaired) electrons. The van der Waals surface area contributed by atoms with Gasteiger partial charge in [-0.15, -0.1) is 0 Å². The van der Waals surface area contributed by atoms with Gasteiger partial charge < -0.3 is 16.2 Å². The number of aromatic nitrogens is 3. The molecule has 4 N–H and O–H groups in total. The first-order chi connectivity index (χ1) is 16.2. The molecular formula is C27H29N5O. The maximum atomic E-state index is 8.97. The first-order valence-corrected chi connectivity index (χ1v) is 11.6. The average Bonchev–Trinajstić information content (AvgIpc) is 2.85. The highest BCUT2D eigenvalue weighted by Gasteiger charge is 2.34. The minimum Gasteiger partial charge on any atom is -0.396 e. The Kier molecular flexibility index (Phi) is 6.03. The lowest BCUT2D eigenvalue weighted by molar-refractivity contribution is 0.253. The van der Waals surface area contributed by atoms with Crippen molar-refractivity contribution in [1.82, 2.24) is 15.0 Å². The Balaban J connectivity index is 1.55. The predicted octanol–water partition coefficient (Wildman–Crippen LogP) is 4.88. The van der Waals surface area contributed by atoms with Gasteiger partial charge in [0, 0.05) is 41.4 Å². The van der Waals surface area contributed by atoms with Crippen LogP contribution in [0.25, 0.3) is 33.4 Å². The summed E-state index contributed by atoms with van der Waals surface area (Å²) < 4.78 is 0. The van der Waals surface area contributed by atoms with Crippen molar-refractivity contribution in [3.8, 4) is 22.4 Å². The van der Waals surface area contributed by atoms with E-state index in [-0.39, 0.29) is 12.1 Å². The second-order valence-corrected chi connectivity index (χ2v) is 8.80. The number of hydrogen-bond acceptors (Lipinski definition) is 6. The standard InChI is InChI=1S/C27H29N5O/c28-27(13-6-14-27)22-11-9-20(10-12-22)24-23(19-7-2-1-3-8-19)17-21-18-30-26(32-25(21)31-24)29-15-4-5-16-33/h1-3,7-12,17-18,33H,4-6,13-16,28H2,(H,29,30,31,32). The molecule has 2 aromatic carbocycles. The lowest BCUT2D eigenvalue weighted by Crippen LogP contribution is -2.43. The average molecular weight is 440 g/mol. The summed E-state index contributed by atoms with van der Waals surface area (Å²) in [5.74, 6) is 0.553. The van der Waals surface area contributed by atoms with Crippen molar-refractivity contribution in [3.63, 3.8) is 0 Å². The Hall–Kier alpha value is -3.35. The molecule has 2 heterocycles. The number of nitrogens with zero attached hydrogens (tertiary/aromatic N) is 3. The lowest BCUT2D eigenvalue weighted by Gasteiger charge is -2.38. The van der Waals surface area contributed by atoms with Gasteiger partial charge in [0.05, 0.1) is 5.69 Å². The summed E-state index contributed by atoms with van der Waals surface area (Å²) in [5.41, 5.74) is 12.3. The quantitative estimate of drug-likeness (QED) is 0.339. The van der Waals surface area contributed by atoms with Crippen LogP contribution in [0.4, 0.5) is 5.95 Å². The number of anilines is 1. The molecule has 0 saturated heterocycles. The summed E-state index contributed by atoms with van der Waals surface area (Å²) in [7, 11) is 0. The summed E-state index contributed by atoms with van der Waals surface area (Å²) in [6.07, 6.45) is 6.71. The van der Waals surface area contributed by atoms with E-state index in [1.807, 2.05) is 24.4 Å². The Bertz CT molecular complexity index is 1240. The van der Waals surface area contributed by atoms with Gasteiger partial charge in [0.2, 0.25) is 5.95 Å². The van der Waals surface area contributed by atoms with Crippen LogP contribution >= 0.6 is 0 Å². The van der Waals surface area contributed by atoms with Crippen LogP contribution in [0.1, 0.15) is 37.7 Å². The molecule has 1 aliphatic carbocycles. The number of hydrogen-bond donors (Lipinski definition) is 3. The van der Waals surface area contributed by atoms with Gasteiger partial charge in [-0.05, 0) is 49.3 Å². The van der Waals surface area contributed by atoms with Gasteiger partial charge in [-0.3, -0.25) is 0 Å². The van der Waals surface area contributed by atoms with Gasteiger partial charge in [-0.2, -0.15) is 4.98 Å². The van der Waals surface area contributed by atoms with Gasteiger partial charge in [-0.1, -0.05) is 54.6 Å². The molecule has 1 fully saturated rings. The SMILES string of the molecule is NC1(c2ccc(-c3nc4nc(NCCCCO)ncc4cc3-c3ccccc3)cc2)CCC1. The van der Waals surface area contributed by atoms with Crippen LogP contribution in [0.2, 0.25) is 0 Å². The number of benzene rings is 2. The Labute approximate surface area is 193 Å². The molecule has 2 aromatic heterocycles. The highest BCUT2D eigenvalue weighted by Crippen LogP contribution is 2.40. The zero-order valence-electron chi connectivity index (χ0n) is 18.7. The molecule has 1 saturated carbocycles. The zero-order chi connectivity index (χ0) is 22.7. The molecule has 0 aliphatic heterocycles. The maximum Gasteiger partial charge on any atom is 0.224 e. The molecule has 0 amide bonds. The van der Waals surface area contributed by atoms with Gasteiger partial charge in [-0.25, -0.2) is 9.97 Å². The normalized spacial score (nSPS) is 14.7. The van der Waals surface area contributed by atoms with Gasteiger partial charge in [0.15, 0.2) is 5.65 Å². The van der Waals surface area contributed by atoms with E-state index in [2.05, 4.69) is 57.7 Å². The van der Waals surface area contributed by atoms with Crippen molar-refractivity contribution < 1.29 is 5.11 Å². The third-order valence-corrected chi connectivity index (χ3v) is 6.50. The van der Waals surface area contributed by atoms with E-state index in [9.17, 15) is 0 Å². The van der Waals surface area contributed by atoms with Crippen LogP contribution in [0.15, 0.2) is 66.9 Å². The second kappa shape index (κ2) is 9.25. The smallest absolute Gasteiger partial charge is 0.224 e. The van der Waals surface area contributed by atoms with Crippen molar-refractivity contribution in [1.29, 1.82) is 0 Å². The van der Waals surface area contributed by atoms with Crippen molar-refractivity contribution in [2.24, 2.45) is 5.73 Å². The van der Waals surface area contributed by atoms with Crippen LogP contribution in [0.3, 0.4) is 0 Å². The molecule has 6 nitrogen and oxygen atoms in total. The third kappa shape index (κ3) is 4.45. The van der Waals surface area contributed by atoms with E-state index in [4.69, 9.17) is 15.8 Å². The largest absolute Gasteiger partial charge is 0.396 e. The first kappa shape index (κ1) is 21.5. The highest BCUT2D eigenvalue weighted by molar-refractivity contribution is 5.90. The molecule has 0 unspecified atom stereocenters. The van der Waals surface area contributed by atoms with Crippen molar-refractivity contribution in [3.05, 3.63) is 72.4 Å². The van der Waals surface area contributed by atoms with Crippen molar-refractivity contribution >= 4 is 17.0 Å². The Morgan fingerprint density at radius 3 is 2.42 bits per heavy atom. The van der Waals surface area contributed by atoms with E-state index in [1.165, 1.54) is 12.0 Å². The predicted molar refractivity (Wildman–Crippen MR) is 133 cm³/mol. The number of rotatable bonds is 8. The minimum atomic E-state index is -0.179. The van der Waals surface area contributed by atoms with Crippen LogP contribution in [-0.4, -0.2) is 33.2 Å². The second-order valence-electron chi connectivity index (χ2n) is 8.80. The molecule has 0 atom stereocenters. The number of pyridine rings is 1. The summed E-state index contributed by atoms with van der Waals surface area (Å²) in [6.45, 7) is 0.904.